The summed E-state index contributed by atoms with van der Waals surface area (Å²) in [6, 6.07) is 0. The van der Waals surface area contributed by atoms with Crippen LogP contribution in [-0.2, 0) is 28.6 Å². The molecule has 0 spiro atoms. The summed E-state index contributed by atoms with van der Waals surface area (Å²) in [5.41, 5.74) is 0. The van der Waals surface area contributed by atoms with E-state index in [0.29, 0.717) is 19.3 Å². The minimum Gasteiger partial charge on any atom is -0.462 e. The van der Waals surface area contributed by atoms with Gasteiger partial charge in [-0.1, -0.05) is 325 Å². The van der Waals surface area contributed by atoms with Crippen molar-refractivity contribution in [3.05, 3.63) is 72.9 Å². The van der Waals surface area contributed by atoms with Crippen LogP contribution in [0, 0.1) is 0 Å². The molecule has 0 fully saturated rings. The molecule has 0 heterocycles. The standard InChI is InChI=1S/C73H130O6/c1-4-7-10-13-16-19-22-25-27-29-30-31-32-33-34-35-36-37-38-39-40-41-42-44-45-48-51-54-57-60-63-66-72(75)78-69-70(68-77-71(74)65-62-59-56-53-50-47-24-21-18-15-12-9-6-3)79-73(76)67-64-61-58-55-52-49-46-43-28-26-23-20-17-14-11-8-5-2/h8,11-12,15,17,20-21,24,26,28,46,49,70H,4-7,9-10,13-14,16,18-19,22-23,25,27,29-45,47-48,50-69H2,1-3H3/b11-8-,15-12-,20-17-,24-21-,28-26-,49-46-. The third kappa shape index (κ3) is 65.5. The number of carbonyl (C=O) groups is 3. The summed E-state index contributed by atoms with van der Waals surface area (Å²) >= 11 is 0. The van der Waals surface area contributed by atoms with E-state index in [-0.39, 0.29) is 31.1 Å². The minimum atomic E-state index is -0.794. The van der Waals surface area contributed by atoms with E-state index in [1.807, 2.05) is 0 Å². The van der Waals surface area contributed by atoms with Crippen molar-refractivity contribution >= 4 is 17.9 Å². The lowest BCUT2D eigenvalue weighted by molar-refractivity contribution is -0.167. The summed E-state index contributed by atoms with van der Waals surface area (Å²) in [6.07, 6.45) is 88.1. The Morgan fingerprint density at radius 3 is 0.823 bits per heavy atom. The van der Waals surface area contributed by atoms with Crippen molar-refractivity contribution in [3.8, 4) is 0 Å². The number of allylic oxidation sites excluding steroid dienone is 12. The van der Waals surface area contributed by atoms with E-state index < -0.39 is 6.10 Å². The summed E-state index contributed by atoms with van der Waals surface area (Å²) < 4.78 is 16.9. The summed E-state index contributed by atoms with van der Waals surface area (Å²) in [5.74, 6) is -0.911. The van der Waals surface area contributed by atoms with Gasteiger partial charge < -0.3 is 14.2 Å². The second-order valence-corrected chi connectivity index (χ2v) is 23.1. The normalized spacial score (nSPS) is 12.5. The van der Waals surface area contributed by atoms with E-state index in [0.717, 1.165) is 128 Å². The summed E-state index contributed by atoms with van der Waals surface area (Å²) in [4.78, 5) is 38.3. The molecule has 6 nitrogen and oxygen atoms in total. The number of unbranched alkanes of at least 4 members (excludes halogenated alkanes) is 40. The number of ether oxygens (including phenoxy) is 3. The molecule has 0 aliphatic carbocycles. The number of rotatable bonds is 63. The zero-order chi connectivity index (χ0) is 57.1. The molecule has 0 bridgehead atoms. The average molecular weight is 1100 g/mol. The molecule has 0 aromatic heterocycles. The van der Waals surface area contributed by atoms with Gasteiger partial charge in [-0.3, -0.25) is 14.4 Å². The molecule has 0 aliphatic heterocycles. The molecular formula is C73H130O6. The van der Waals surface area contributed by atoms with Gasteiger partial charge in [0.2, 0.25) is 0 Å². The van der Waals surface area contributed by atoms with Crippen LogP contribution in [0.4, 0.5) is 0 Å². The second kappa shape index (κ2) is 67.4. The van der Waals surface area contributed by atoms with Gasteiger partial charge in [-0.2, -0.15) is 0 Å². The van der Waals surface area contributed by atoms with Gasteiger partial charge in [0, 0.05) is 19.3 Å². The quantitative estimate of drug-likeness (QED) is 0.0261. The average Bonchev–Trinajstić information content (AvgIpc) is 3.45. The van der Waals surface area contributed by atoms with Gasteiger partial charge in [-0.15, -0.1) is 0 Å². The van der Waals surface area contributed by atoms with E-state index in [4.69, 9.17) is 14.2 Å². The lowest BCUT2D eigenvalue weighted by Gasteiger charge is -2.18. The highest BCUT2D eigenvalue weighted by molar-refractivity contribution is 5.71. The van der Waals surface area contributed by atoms with Gasteiger partial charge in [0.25, 0.3) is 0 Å². The third-order valence-corrected chi connectivity index (χ3v) is 15.2. The first-order chi connectivity index (χ1) is 39.0. The second-order valence-electron chi connectivity index (χ2n) is 23.1. The van der Waals surface area contributed by atoms with E-state index in [2.05, 4.69) is 93.7 Å². The Kier molecular flexibility index (Phi) is 64.7. The molecule has 0 rings (SSSR count). The molecule has 0 N–H and O–H groups in total. The summed E-state index contributed by atoms with van der Waals surface area (Å²) in [7, 11) is 0. The van der Waals surface area contributed by atoms with Crippen LogP contribution >= 0.6 is 0 Å². The maximum atomic E-state index is 12.9. The van der Waals surface area contributed by atoms with Crippen molar-refractivity contribution in [2.24, 2.45) is 0 Å². The van der Waals surface area contributed by atoms with Gasteiger partial charge in [-0.05, 0) is 83.5 Å². The van der Waals surface area contributed by atoms with E-state index in [1.165, 1.54) is 186 Å². The van der Waals surface area contributed by atoms with Gasteiger partial charge in [0.1, 0.15) is 13.2 Å². The zero-order valence-corrected chi connectivity index (χ0v) is 52.6. The molecule has 458 valence electrons. The lowest BCUT2D eigenvalue weighted by atomic mass is 10.0. The molecule has 6 heteroatoms. The molecule has 0 radical (unpaired) electrons. The van der Waals surface area contributed by atoms with Crippen LogP contribution in [0.2, 0.25) is 0 Å². The van der Waals surface area contributed by atoms with E-state index in [9.17, 15) is 14.4 Å². The number of esters is 3. The van der Waals surface area contributed by atoms with Crippen LogP contribution in [0.1, 0.15) is 355 Å². The SMILES string of the molecule is CC/C=C\C/C=C\C/C=C\C/C=C\CCCCCCC(=O)OC(COC(=O)CCCCCCC/C=C\C/C=C\CCC)COC(=O)CCCCCCCCCCCCCCCCCCCCCCCCCCCCCCCCC. The largest absolute Gasteiger partial charge is 0.462 e. The van der Waals surface area contributed by atoms with Crippen molar-refractivity contribution in [1.82, 2.24) is 0 Å². The first kappa shape index (κ1) is 75.8. The Bertz CT molecular complexity index is 1450. The Morgan fingerprint density at radius 1 is 0.266 bits per heavy atom. The van der Waals surface area contributed by atoms with Crippen LogP contribution in [0.25, 0.3) is 0 Å². The van der Waals surface area contributed by atoms with Crippen LogP contribution in [-0.4, -0.2) is 37.2 Å². The smallest absolute Gasteiger partial charge is 0.306 e. The van der Waals surface area contributed by atoms with Crippen LogP contribution in [0.15, 0.2) is 72.9 Å². The fourth-order valence-electron chi connectivity index (χ4n) is 10.1. The van der Waals surface area contributed by atoms with Crippen molar-refractivity contribution in [2.45, 2.75) is 361 Å². The zero-order valence-electron chi connectivity index (χ0n) is 52.6. The van der Waals surface area contributed by atoms with Gasteiger partial charge >= 0.3 is 17.9 Å². The molecule has 0 saturated heterocycles. The lowest BCUT2D eigenvalue weighted by Crippen LogP contribution is -2.30. The van der Waals surface area contributed by atoms with Crippen molar-refractivity contribution in [1.29, 1.82) is 0 Å². The van der Waals surface area contributed by atoms with Crippen LogP contribution < -0.4 is 0 Å². The molecular weight excluding hydrogens is 973 g/mol. The monoisotopic (exact) mass is 1100 g/mol. The van der Waals surface area contributed by atoms with Crippen LogP contribution in [0.3, 0.4) is 0 Å². The van der Waals surface area contributed by atoms with Crippen molar-refractivity contribution in [2.75, 3.05) is 13.2 Å². The maximum Gasteiger partial charge on any atom is 0.306 e. The molecule has 0 aromatic carbocycles. The Hall–Kier alpha value is -3.15. The molecule has 1 atom stereocenters. The topological polar surface area (TPSA) is 78.9 Å². The molecule has 79 heavy (non-hydrogen) atoms. The predicted octanol–water partition coefficient (Wildman–Crippen LogP) is 23.7. The minimum absolute atomic E-state index is 0.0875. The number of hydrogen-bond donors (Lipinski definition) is 0. The Labute approximate surface area is 491 Å². The highest BCUT2D eigenvalue weighted by Crippen LogP contribution is 2.18. The summed E-state index contributed by atoms with van der Waals surface area (Å²) in [5, 5.41) is 0. The van der Waals surface area contributed by atoms with Crippen LogP contribution in [0.5, 0.6) is 0 Å². The molecule has 0 saturated carbocycles. The molecule has 1 unspecified atom stereocenters. The molecule has 0 aliphatic rings. The van der Waals surface area contributed by atoms with E-state index in [1.54, 1.807) is 0 Å². The van der Waals surface area contributed by atoms with Gasteiger partial charge in [-0.25, -0.2) is 0 Å². The van der Waals surface area contributed by atoms with Gasteiger partial charge in [0.05, 0.1) is 0 Å². The first-order valence-corrected chi connectivity index (χ1v) is 34.4. The maximum absolute atomic E-state index is 12.9. The molecule has 0 aromatic rings. The van der Waals surface area contributed by atoms with Crippen molar-refractivity contribution in [3.63, 3.8) is 0 Å². The Morgan fingerprint density at radius 2 is 0.519 bits per heavy atom. The fraction of sp³-hybridized carbons (Fsp3) is 0.795. The Balaban J connectivity index is 4.17. The van der Waals surface area contributed by atoms with Gasteiger partial charge in [0.15, 0.2) is 6.10 Å². The fourth-order valence-corrected chi connectivity index (χ4v) is 10.1. The summed E-state index contributed by atoms with van der Waals surface area (Å²) in [6.45, 7) is 6.48. The number of carbonyl (C=O) groups excluding carboxylic acids is 3. The highest BCUT2D eigenvalue weighted by Gasteiger charge is 2.19. The third-order valence-electron chi connectivity index (χ3n) is 15.2. The first-order valence-electron chi connectivity index (χ1n) is 34.4. The highest BCUT2D eigenvalue weighted by atomic mass is 16.6. The van der Waals surface area contributed by atoms with E-state index >= 15 is 0 Å². The predicted molar refractivity (Wildman–Crippen MR) is 344 cm³/mol. The number of hydrogen-bond acceptors (Lipinski definition) is 6. The molecule has 0 amide bonds. The van der Waals surface area contributed by atoms with Crippen molar-refractivity contribution < 1.29 is 28.6 Å².